The number of nitrogens with two attached hydrogens (primary N) is 1. The van der Waals surface area contributed by atoms with Gasteiger partial charge in [0.05, 0.1) is 0 Å². The van der Waals surface area contributed by atoms with Crippen molar-refractivity contribution < 1.29 is 0 Å². The van der Waals surface area contributed by atoms with Crippen LogP contribution < -0.4 is 5.73 Å². The third-order valence-corrected chi connectivity index (χ3v) is 3.86. The fraction of sp³-hybridized carbons (Fsp3) is 1.00. The van der Waals surface area contributed by atoms with Gasteiger partial charge in [-0.1, -0.05) is 40.0 Å². The predicted octanol–water partition coefficient (Wildman–Crippen LogP) is 3.40. The number of unbranched alkanes of at least 4 members (excludes halogenated alkanes) is 2. The SMILES string of the molecule is CCCCCC(CN)N(CCC(C)C)C1CC1. The first kappa shape index (κ1) is 15.0. The minimum atomic E-state index is 0.646. The van der Waals surface area contributed by atoms with Crippen LogP contribution in [0.1, 0.15) is 65.7 Å². The molecule has 0 amide bonds. The van der Waals surface area contributed by atoms with Crippen molar-refractivity contribution in [3.63, 3.8) is 0 Å². The zero-order valence-corrected chi connectivity index (χ0v) is 12.1. The van der Waals surface area contributed by atoms with E-state index in [2.05, 4.69) is 25.7 Å². The molecule has 0 bridgehead atoms. The lowest BCUT2D eigenvalue weighted by Crippen LogP contribution is -2.43. The highest BCUT2D eigenvalue weighted by molar-refractivity contribution is 4.89. The number of hydrogen-bond donors (Lipinski definition) is 1. The van der Waals surface area contributed by atoms with Gasteiger partial charge in [0, 0.05) is 18.6 Å². The Balaban J connectivity index is 2.36. The second-order valence-corrected chi connectivity index (χ2v) is 6.04. The summed E-state index contributed by atoms with van der Waals surface area (Å²) < 4.78 is 0. The average Bonchev–Trinajstić information content (AvgIpc) is 3.11. The van der Waals surface area contributed by atoms with Gasteiger partial charge in [-0.05, 0) is 38.1 Å². The van der Waals surface area contributed by atoms with Crippen molar-refractivity contribution >= 4 is 0 Å². The van der Waals surface area contributed by atoms with E-state index in [1.54, 1.807) is 0 Å². The highest BCUT2D eigenvalue weighted by Gasteiger charge is 2.32. The molecule has 102 valence electrons. The molecule has 0 saturated heterocycles. The Morgan fingerprint density at radius 1 is 1.18 bits per heavy atom. The predicted molar refractivity (Wildman–Crippen MR) is 76.2 cm³/mol. The summed E-state index contributed by atoms with van der Waals surface area (Å²) in [6.45, 7) is 9.02. The Morgan fingerprint density at radius 2 is 1.88 bits per heavy atom. The smallest absolute Gasteiger partial charge is 0.0221 e. The zero-order chi connectivity index (χ0) is 12.7. The molecule has 0 radical (unpaired) electrons. The van der Waals surface area contributed by atoms with E-state index in [0.717, 1.165) is 18.5 Å². The molecule has 2 N–H and O–H groups in total. The summed E-state index contributed by atoms with van der Waals surface area (Å²) in [5, 5.41) is 0. The standard InChI is InChI=1S/C15H32N2/c1-4-5-6-7-15(12-16)17(14-8-9-14)11-10-13(2)3/h13-15H,4-12,16H2,1-3H3. The van der Waals surface area contributed by atoms with E-state index >= 15 is 0 Å². The van der Waals surface area contributed by atoms with Crippen LogP contribution in [0.3, 0.4) is 0 Å². The second kappa shape index (κ2) is 8.10. The summed E-state index contributed by atoms with van der Waals surface area (Å²) in [6.07, 6.45) is 9.46. The van der Waals surface area contributed by atoms with Gasteiger partial charge in [0.15, 0.2) is 0 Å². The molecule has 1 unspecified atom stereocenters. The molecule has 0 aliphatic heterocycles. The van der Waals surface area contributed by atoms with E-state index in [4.69, 9.17) is 5.73 Å². The monoisotopic (exact) mass is 240 g/mol. The molecule has 0 aromatic carbocycles. The molecule has 0 heterocycles. The summed E-state index contributed by atoms with van der Waals surface area (Å²) >= 11 is 0. The number of hydrogen-bond acceptors (Lipinski definition) is 2. The summed E-state index contributed by atoms with van der Waals surface area (Å²) in [6, 6.07) is 1.51. The van der Waals surface area contributed by atoms with Crippen molar-refractivity contribution in [1.29, 1.82) is 0 Å². The Bertz CT molecular complexity index is 187. The molecule has 1 rings (SSSR count). The molecule has 2 heteroatoms. The van der Waals surface area contributed by atoms with Crippen LogP contribution in [0, 0.1) is 5.92 Å². The van der Waals surface area contributed by atoms with E-state index in [1.807, 2.05) is 0 Å². The molecule has 0 spiro atoms. The first-order valence-corrected chi connectivity index (χ1v) is 7.64. The largest absolute Gasteiger partial charge is 0.329 e. The van der Waals surface area contributed by atoms with Crippen molar-refractivity contribution in [2.75, 3.05) is 13.1 Å². The number of nitrogens with zero attached hydrogens (tertiary/aromatic N) is 1. The molecule has 0 aromatic heterocycles. The maximum atomic E-state index is 5.99. The summed E-state index contributed by atoms with van der Waals surface area (Å²) in [7, 11) is 0. The van der Waals surface area contributed by atoms with Crippen LogP contribution in [0.2, 0.25) is 0 Å². The van der Waals surface area contributed by atoms with Gasteiger partial charge in [-0.25, -0.2) is 0 Å². The topological polar surface area (TPSA) is 29.3 Å². The van der Waals surface area contributed by atoms with Crippen LogP contribution >= 0.6 is 0 Å². The molecule has 1 aliphatic rings. The lowest BCUT2D eigenvalue weighted by atomic mass is 10.0. The van der Waals surface area contributed by atoms with Gasteiger partial charge in [-0.15, -0.1) is 0 Å². The molecule has 1 atom stereocenters. The maximum Gasteiger partial charge on any atom is 0.0221 e. The van der Waals surface area contributed by atoms with Crippen molar-refractivity contribution in [2.24, 2.45) is 11.7 Å². The van der Waals surface area contributed by atoms with Crippen LogP contribution in [-0.2, 0) is 0 Å². The van der Waals surface area contributed by atoms with Gasteiger partial charge < -0.3 is 5.73 Å². The third-order valence-electron chi connectivity index (χ3n) is 3.86. The van der Waals surface area contributed by atoms with Crippen LogP contribution in [-0.4, -0.2) is 30.1 Å². The van der Waals surface area contributed by atoms with Crippen LogP contribution in [0.5, 0.6) is 0 Å². The molecule has 2 nitrogen and oxygen atoms in total. The Labute approximate surface area is 108 Å². The first-order valence-electron chi connectivity index (χ1n) is 7.64. The molecular weight excluding hydrogens is 208 g/mol. The molecule has 17 heavy (non-hydrogen) atoms. The Hall–Kier alpha value is -0.0800. The fourth-order valence-corrected chi connectivity index (χ4v) is 2.53. The minimum absolute atomic E-state index is 0.646. The normalized spacial score (nSPS) is 18.0. The van der Waals surface area contributed by atoms with Gasteiger partial charge >= 0.3 is 0 Å². The molecule has 1 aliphatic carbocycles. The first-order chi connectivity index (χ1) is 8.19. The highest BCUT2D eigenvalue weighted by Crippen LogP contribution is 2.30. The van der Waals surface area contributed by atoms with Crippen LogP contribution in [0.25, 0.3) is 0 Å². The van der Waals surface area contributed by atoms with E-state index in [-0.39, 0.29) is 0 Å². The van der Waals surface area contributed by atoms with Crippen molar-refractivity contribution in [2.45, 2.75) is 77.8 Å². The van der Waals surface area contributed by atoms with Crippen LogP contribution in [0.4, 0.5) is 0 Å². The van der Waals surface area contributed by atoms with Crippen LogP contribution in [0.15, 0.2) is 0 Å². The van der Waals surface area contributed by atoms with E-state index in [1.165, 1.54) is 51.5 Å². The number of rotatable bonds is 10. The Kier molecular flexibility index (Phi) is 7.14. The summed E-state index contributed by atoms with van der Waals surface area (Å²) in [5.74, 6) is 0.810. The van der Waals surface area contributed by atoms with E-state index in [9.17, 15) is 0 Å². The van der Waals surface area contributed by atoms with Gasteiger partial charge in [0.25, 0.3) is 0 Å². The minimum Gasteiger partial charge on any atom is -0.329 e. The zero-order valence-electron chi connectivity index (χ0n) is 12.1. The van der Waals surface area contributed by atoms with Crippen molar-refractivity contribution in [3.05, 3.63) is 0 Å². The quantitative estimate of drug-likeness (QED) is 0.593. The molecular formula is C15H32N2. The molecule has 0 aromatic rings. The lowest BCUT2D eigenvalue weighted by molar-refractivity contribution is 0.168. The summed E-state index contributed by atoms with van der Waals surface area (Å²) in [5.41, 5.74) is 5.99. The van der Waals surface area contributed by atoms with Gasteiger partial charge in [0.1, 0.15) is 0 Å². The van der Waals surface area contributed by atoms with Gasteiger partial charge in [0.2, 0.25) is 0 Å². The summed E-state index contributed by atoms with van der Waals surface area (Å²) in [4.78, 5) is 2.72. The van der Waals surface area contributed by atoms with Gasteiger partial charge in [-0.2, -0.15) is 0 Å². The third kappa shape index (κ3) is 5.87. The Morgan fingerprint density at radius 3 is 2.35 bits per heavy atom. The van der Waals surface area contributed by atoms with Gasteiger partial charge in [-0.3, -0.25) is 4.90 Å². The fourth-order valence-electron chi connectivity index (χ4n) is 2.53. The van der Waals surface area contributed by atoms with Crippen molar-refractivity contribution in [1.82, 2.24) is 4.90 Å². The second-order valence-electron chi connectivity index (χ2n) is 6.04. The lowest BCUT2D eigenvalue weighted by Gasteiger charge is -2.31. The van der Waals surface area contributed by atoms with E-state index < -0.39 is 0 Å². The molecule has 1 fully saturated rings. The average molecular weight is 240 g/mol. The van der Waals surface area contributed by atoms with Crippen molar-refractivity contribution in [3.8, 4) is 0 Å². The van der Waals surface area contributed by atoms with E-state index in [0.29, 0.717) is 6.04 Å². The highest BCUT2D eigenvalue weighted by atomic mass is 15.2. The molecule has 1 saturated carbocycles. The maximum absolute atomic E-state index is 5.99.